The van der Waals surface area contributed by atoms with E-state index in [-0.39, 0.29) is 0 Å². The maximum atomic E-state index is 13.3. The summed E-state index contributed by atoms with van der Waals surface area (Å²) in [7, 11) is 0.412. The molecule has 5 heteroatoms. The molecular weight excluding hydrogens is 332 g/mol. The molecule has 1 aliphatic rings. The van der Waals surface area contributed by atoms with Gasteiger partial charge in [-0.05, 0) is 62.2 Å². The number of hydrogen-bond acceptors (Lipinski definition) is 3. The Morgan fingerprint density at radius 3 is 2.36 bits per heavy atom. The Balaban J connectivity index is 1.89. The van der Waals surface area contributed by atoms with Crippen molar-refractivity contribution in [2.24, 2.45) is 0 Å². The Morgan fingerprint density at radius 2 is 1.64 bits per heavy atom. The van der Waals surface area contributed by atoms with Gasteiger partial charge in [0.15, 0.2) is 0 Å². The summed E-state index contributed by atoms with van der Waals surface area (Å²) >= 11 is 0. The minimum atomic E-state index is -3.51. The molecule has 2 aromatic rings. The standard InChI is InChI=1S/C20H26N2O2S/c1-21(2)13-14-22(16-17-7-4-3-5-8-17)25(23,24)20-12-11-18-9-6-10-19(18)15-20/h3-5,7-8,11-12,15H,6,9-10,13-14,16H2,1-2H3. The predicted octanol–water partition coefficient (Wildman–Crippen LogP) is 2.93. The normalized spacial score (nSPS) is 14.2. The number of benzene rings is 2. The fourth-order valence-electron chi connectivity index (χ4n) is 3.24. The fourth-order valence-corrected chi connectivity index (χ4v) is 4.71. The number of hydrogen-bond donors (Lipinski definition) is 0. The highest BCUT2D eigenvalue weighted by Gasteiger charge is 2.26. The van der Waals surface area contributed by atoms with Gasteiger partial charge in [-0.1, -0.05) is 36.4 Å². The van der Waals surface area contributed by atoms with Gasteiger partial charge in [0.1, 0.15) is 0 Å². The lowest BCUT2D eigenvalue weighted by molar-refractivity contribution is 0.329. The maximum Gasteiger partial charge on any atom is 0.243 e. The molecule has 134 valence electrons. The molecule has 3 rings (SSSR count). The Morgan fingerprint density at radius 1 is 0.920 bits per heavy atom. The SMILES string of the molecule is CN(C)CCN(Cc1ccccc1)S(=O)(=O)c1ccc2c(c1)CCC2. The van der Waals surface area contributed by atoms with E-state index in [2.05, 4.69) is 0 Å². The molecule has 0 N–H and O–H groups in total. The van der Waals surface area contributed by atoms with Gasteiger partial charge in [0.05, 0.1) is 4.90 Å². The third kappa shape index (κ3) is 4.29. The number of nitrogens with zero attached hydrogens (tertiary/aromatic N) is 2. The van der Waals surface area contributed by atoms with E-state index in [1.165, 1.54) is 11.1 Å². The van der Waals surface area contributed by atoms with E-state index in [9.17, 15) is 8.42 Å². The molecule has 0 bridgehead atoms. The van der Waals surface area contributed by atoms with Crippen LogP contribution in [0.4, 0.5) is 0 Å². The van der Waals surface area contributed by atoms with Gasteiger partial charge < -0.3 is 4.90 Å². The van der Waals surface area contributed by atoms with Crippen LogP contribution in [0.25, 0.3) is 0 Å². The average molecular weight is 359 g/mol. The van der Waals surface area contributed by atoms with Crippen LogP contribution in [0.3, 0.4) is 0 Å². The van der Waals surface area contributed by atoms with Crippen molar-refractivity contribution in [3.63, 3.8) is 0 Å². The zero-order valence-electron chi connectivity index (χ0n) is 15.0. The van der Waals surface area contributed by atoms with Crippen molar-refractivity contribution in [2.75, 3.05) is 27.2 Å². The van der Waals surface area contributed by atoms with E-state index in [1.807, 2.05) is 61.5 Å². The van der Waals surface area contributed by atoms with Gasteiger partial charge in [0, 0.05) is 19.6 Å². The second-order valence-electron chi connectivity index (χ2n) is 6.91. The van der Waals surface area contributed by atoms with Gasteiger partial charge in [-0.2, -0.15) is 4.31 Å². The van der Waals surface area contributed by atoms with Crippen molar-refractivity contribution in [1.29, 1.82) is 0 Å². The van der Waals surface area contributed by atoms with Gasteiger partial charge in [0.2, 0.25) is 10.0 Å². The smallest absolute Gasteiger partial charge is 0.243 e. The second-order valence-corrected chi connectivity index (χ2v) is 8.85. The van der Waals surface area contributed by atoms with E-state index in [1.54, 1.807) is 10.4 Å². The number of sulfonamides is 1. The molecule has 0 heterocycles. The van der Waals surface area contributed by atoms with Crippen LogP contribution in [0.1, 0.15) is 23.1 Å². The summed E-state index contributed by atoms with van der Waals surface area (Å²) in [5, 5.41) is 0. The first-order valence-electron chi connectivity index (χ1n) is 8.77. The Hall–Kier alpha value is -1.69. The van der Waals surface area contributed by atoms with Crippen molar-refractivity contribution >= 4 is 10.0 Å². The second kappa shape index (κ2) is 7.68. The molecule has 0 aliphatic heterocycles. The zero-order chi connectivity index (χ0) is 17.9. The molecule has 4 nitrogen and oxygen atoms in total. The molecule has 0 saturated heterocycles. The van der Waals surface area contributed by atoms with Gasteiger partial charge in [0.25, 0.3) is 0 Å². The molecule has 0 amide bonds. The van der Waals surface area contributed by atoms with Crippen molar-refractivity contribution < 1.29 is 8.42 Å². The summed E-state index contributed by atoms with van der Waals surface area (Å²) in [5.41, 5.74) is 3.49. The minimum absolute atomic E-state index is 0.397. The Labute approximate surface area is 151 Å². The molecule has 25 heavy (non-hydrogen) atoms. The zero-order valence-corrected chi connectivity index (χ0v) is 15.8. The molecule has 0 atom stereocenters. The number of likely N-dealkylation sites (N-methyl/N-ethyl adjacent to an activating group) is 1. The van der Waals surface area contributed by atoms with Crippen LogP contribution < -0.4 is 0 Å². The van der Waals surface area contributed by atoms with E-state index in [4.69, 9.17) is 0 Å². The molecule has 1 aliphatic carbocycles. The first-order chi connectivity index (χ1) is 12.0. The van der Waals surface area contributed by atoms with Crippen LogP contribution >= 0.6 is 0 Å². The topological polar surface area (TPSA) is 40.6 Å². The van der Waals surface area contributed by atoms with Gasteiger partial charge in [-0.3, -0.25) is 0 Å². The van der Waals surface area contributed by atoms with Gasteiger partial charge in [-0.25, -0.2) is 8.42 Å². The third-order valence-corrected chi connectivity index (χ3v) is 6.55. The molecule has 0 saturated carbocycles. The summed E-state index contributed by atoms with van der Waals surface area (Å²) in [5.74, 6) is 0. The lowest BCUT2D eigenvalue weighted by atomic mass is 10.1. The van der Waals surface area contributed by atoms with Crippen LogP contribution in [-0.2, 0) is 29.4 Å². The highest BCUT2D eigenvalue weighted by Crippen LogP contribution is 2.27. The Kier molecular flexibility index (Phi) is 5.57. The molecule has 0 spiro atoms. The fraction of sp³-hybridized carbons (Fsp3) is 0.400. The molecular formula is C20H26N2O2S. The highest BCUT2D eigenvalue weighted by atomic mass is 32.2. The number of rotatable bonds is 7. The minimum Gasteiger partial charge on any atom is -0.308 e. The lowest BCUT2D eigenvalue weighted by Crippen LogP contribution is -2.36. The van der Waals surface area contributed by atoms with Crippen LogP contribution in [-0.4, -0.2) is 44.8 Å². The summed E-state index contributed by atoms with van der Waals surface area (Å²) in [6, 6.07) is 15.4. The summed E-state index contributed by atoms with van der Waals surface area (Å²) < 4.78 is 28.1. The number of fused-ring (bicyclic) bond motifs is 1. The van der Waals surface area contributed by atoms with Crippen LogP contribution in [0.15, 0.2) is 53.4 Å². The quantitative estimate of drug-likeness (QED) is 0.764. The monoisotopic (exact) mass is 358 g/mol. The van der Waals surface area contributed by atoms with Crippen molar-refractivity contribution in [2.45, 2.75) is 30.7 Å². The first kappa shape index (κ1) is 18.1. The van der Waals surface area contributed by atoms with Gasteiger partial charge >= 0.3 is 0 Å². The van der Waals surface area contributed by atoms with Crippen LogP contribution in [0.2, 0.25) is 0 Å². The summed E-state index contributed by atoms with van der Waals surface area (Å²) in [4.78, 5) is 2.43. The third-order valence-electron chi connectivity index (χ3n) is 4.71. The molecule has 0 unspecified atom stereocenters. The number of aryl methyl sites for hydroxylation is 2. The van der Waals surface area contributed by atoms with Crippen LogP contribution in [0.5, 0.6) is 0 Å². The van der Waals surface area contributed by atoms with E-state index in [0.29, 0.717) is 24.5 Å². The maximum absolute atomic E-state index is 13.3. The summed E-state index contributed by atoms with van der Waals surface area (Å²) in [6.07, 6.45) is 3.16. The largest absolute Gasteiger partial charge is 0.308 e. The predicted molar refractivity (Wildman–Crippen MR) is 101 cm³/mol. The van der Waals surface area contributed by atoms with Crippen LogP contribution in [0, 0.1) is 0 Å². The first-order valence-corrected chi connectivity index (χ1v) is 10.2. The average Bonchev–Trinajstić information content (AvgIpc) is 3.07. The molecule has 0 aromatic heterocycles. The molecule has 2 aromatic carbocycles. The van der Waals surface area contributed by atoms with E-state index in [0.717, 1.165) is 24.8 Å². The van der Waals surface area contributed by atoms with Crippen molar-refractivity contribution in [3.8, 4) is 0 Å². The van der Waals surface area contributed by atoms with E-state index < -0.39 is 10.0 Å². The summed E-state index contributed by atoms with van der Waals surface area (Å²) in [6.45, 7) is 1.56. The van der Waals surface area contributed by atoms with Crippen molar-refractivity contribution in [3.05, 3.63) is 65.2 Å². The molecule has 0 fully saturated rings. The van der Waals surface area contributed by atoms with E-state index >= 15 is 0 Å². The van der Waals surface area contributed by atoms with Crippen molar-refractivity contribution in [1.82, 2.24) is 9.21 Å². The highest BCUT2D eigenvalue weighted by molar-refractivity contribution is 7.89. The molecule has 0 radical (unpaired) electrons. The lowest BCUT2D eigenvalue weighted by Gasteiger charge is -2.24. The van der Waals surface area contributed by atoms with Gasteiger partial charge in [-0.15, -0.1) is 0 Å². The Bertz CT molecular complexity index is 817.